The lowest BCUT2D eigenvalue weighted by Gasteiger charge is -2.09. The topological polar surface area (TPSA) is 0 Å². The van der Waals surface area contributed by atoms with Crippen molar-refractivity contribution < 1.29 is 8.78 Å². The average Bonchev–Trinajstić information content (AvgIpc) is 2.15. The summed E-state index contributed by atoms with van der Waals surface area (Å²) in [6, 6.07) is 9.74. The van der Waals surface area contributed by atoms with E-state index >= 15 is 0 Å². The molecule has 0 aromatic heterocycles. The Hall–Kier alpha value is -0.920. The molecule has 0 aliphatic heterocycles. The summed E-state index contributed by atoms with van der Waals surface area (Å²) in [6.07, 6.45) is -0.891. The van der Waals surface area contributed by atoms with Crippen LogP contribution >= 0.6 is 0 Å². The largest absolute Gasteiger partial charge is 0.241 e. The third-order valence-electron chi connectivity index (χ3n) is 2.16. The minimum Gasteiger partial charge on any atom is -0.210 e. The molecular weight excluding hydrogens is 170 g/mol. The molecule has 0 N–H and O–H groups in total. The summed E-state index contributed by atoms with van der Waals surface area (Å²) in [5, 5.41) is 0. The van der Waals surface area contributed by atoms with E-state index in [0.29, 0.717) is 6.42 Å². The standard InChI is InChI=1S/C11H14F2/c1-9(11(12)13)7-8-10-5-3-2-4-6-10/h2-6,9,11H,7-8H2,1H3. The van der Waals surface area contributed by atoms with Crippen molar-refractivity contribution in [3.8, 4) is 0 Å². The smallest absolute Gasteiger partial charge is 0.210 e. The number of halogens is 2. The molecule has 1 unspecified atom stereocenters. The Bertz CT molecular complexity index is 231. The molecule has 0 aliphatic carbocycles. The number of hydrogen-bond acceptors (Lipinski definition) is 0. The molecule has 1 aromatic carbocycles. The summed E-state index contributed by atoms with van der Waals surface area (Å²) in [7, 11) is 0. The lowest BCUT2D eigenvalue weighted by Crippen LogP contribution is -2.07. The van der Waals surface area contributed by atoms with Crippen molar-refractivity contribution in [2.75, 3.05) is 0 Å². The number of hydrogen-bond donors (Lipinski definition) is 0. The highest BCUT2D eigenvalue weighted by atomic mass is 19.3. The number of alkyl halides is 2. The van der Waals surface area contributed by atoms with Crippen molar-refractivity contribution in [2.45, 2.75) is 26.2 Å². The second-order valence-electron chi connectivity index (χ2n) is 3.34. The van der Waals surface area contributed by atoms with E-state index < -0.39 is 12.3 Å². The Balaban J connectivity index is 2.35. The summed E-state index contributed by atoms with van der Waals surface area (Å²) in [6.45, 7) is 1.59. The van der Waals surface area contributed by atoms with Gasteiger partial charge >= 0.3 is 0 Å². The molecule has 0 heterocycles. The van der Waals surface area contributed by atoms with Crippen molar-refractivity contribution in [3.63, 3.8) is 0 Å². The van der Waals surface area contributed by atoms with E-state index in [9.17, 15) is 8.78 Å². The van der Waals surface area contributed by atoms with E-state index in [0.717, 1.165) is 12.0 Å². The Morgan fingerprint density at radius 3 is 2.31 bits per heavy atom. The fourth-order valence-corrected chi connectivity index (χ4v) is 1.17. The SMILES string of the molecule is CC(CCc1ccccc1)C(F)F. The van der Waals surface area contributed by atoms with Crippen molar-refractivity contribution in [2.24, 2.45) is 5.92 Å². The van der Waals surface area contributed by atoms with Crippen molar-refractivity contribution in [1.82, 2.24) is 0 Å². The van der Waals surface area contributed by atoms with Crippen LogP contribution in [0.1, 0.15) is 18.9 Å². The molecule has 1 atom stereocenters. The van der Waals surface area contributed by atoms with Gasteiger partial charge in [0.15, 0.2) is 0 Å². The molecule has 2 heteroatoms. The summed E-state index contributed by atoms with van der Waals surface area (Å²) in [5.74, 6) is -0.500. The van der Waals surface area contributed by atoms with Crippen LogP contribution in [0.5, 0.6) is 0 Å². The molecule has 0 amide bonds. The van der Waals surface area contributed by atoms with Gasteiger partial charge in [-0.3, -0.25) is 0 Å². The lowest BCUT2D eigenvalue weighted by molar-refractivity contribution is 0.0821. The Labute approximate surface area is 77.6 Å². The lowest BCUT2D eigenvalue weighted by atomic mass is 10.0. The minimum absolute atomic E-state index is 0.500. The molecule has 0 bridgehead atoms. The van der Waals surface area contributed by atoms with Crippen molar-refractivity contribution >= 4 is 0 Å². The van der Waals surface area contributed by atoms with Crippen LogP contribution in [0, 0.1) is 5.92 Å². The fraction of sp³-hybridized carbons (Fsp3) is 0.455. The van der Waals surface area contributed by atoms with Gasteiger partial charge in [-0.1, -0.05) is 37.3 Å². The maximum atomic E-state index is 12.1. The summed E-state index contributed by atoms with van der Waals surface area (Å²) >= 11 is 0. The van der Waals surface area contributed by atoms with Crippen LogP contribution < -0.4 is 0 Å². The monoisotopic (exact) mass is 184 g/mol. The maximum absolute atomic E-state index is 12.1. The van der Waals surface area contributed by atoms with Crippen molar-refractivity contribution in [3.05, 3.63) is 35.9 Å². The summed E-state index contributed by atoms with van der Waals surface area (Å²) in [5.41, 5.74) is 1.13. The van der Waals surface area contributed by atoms with Gasteiger partial charge < -0.3 is 0 Å². The van der Waals surface area contributed by atoms with Gasteiger partial charge in [-0.05, 0) is 18.4 Å². The molecule has 72 valence electrons. The Kier molecular flexibility index (Phi) is 3.87. The normalized spacial score (nSPS) is 13.2. The van der Waals surface area contributed by atoms with Gasteiger partial charge in [-0.2, -0.15) is 0 Å². The summed E-state index contributed by atoms with van der Waals surface area (Å²) < 4.78 is 24.3. The highest BCUT2D eigenvalue weighted by molar-refractivity contribution is 5.14. The molecule has 0 saturated carbocycles. The molecule has 1 aromatic rings. The first kappa shape index (κ1) is 10.2. The molecule has 1 rings (SSSR count). The first-order chi connectivity index (χ1) is 6.20. The van der Waals surface area contributed by atoms with Crippen LogP contribution in [-0.2, 0) is 6.42 Å². The number of rotatable bonds is 4. The zero-order valence-electron chi connectivity index (χ0n) is 7.71. The quantitative estimate of drug-likeness (QED) is 0.671. The van der Waals surface area contributed by atoms with E-state index in [1.807, 2.05) is 30.3 Å². The molecular formula is C11H14F2. The molecule has 0 radical (unpaired) electrons. The first-order valence-electron chi connectivity index (χ1n) is 4.52. The van der Waals surface area contributed by atoms with Gasteiger partial charge in [0.05, 0.1) is 0 Å². The third kappa shape index (κ3) is 3.53. The van der Waals surface area contributed by atoms with Gasteiger partial charge in [0, 0.05) is 5.92 Å². The zero-order chi connectivity index (χ0) is 9.68. The van der Waals surface area contributed by atoms with Crippen LogP contribution in [0.3, 0.4) is 0 Å². The average molecular weight is 184 g/mol. The van der Waals surface area contributed by atoms with E-state index in [4.69, 9.17) is 0 Å². The van der Waals surface area contributed by atoms with Crippen LogP contribution in [0.15, 0.2) is 30.3 Å². The van der Waals surface area contributed by atoms with E-state index in [2.05, 4.69) is 0 Å². The second kappa shape index (κ2) is 4.95. The zero-order valence-corrected chi connectivity index (χ0v) is 7.71. The van der Waals surface area contributed by atoms with E-state index in [-0.39, 0.29) is 0 Å². The Morgan fingerprint density at radius 2 is 1.77 bits per heavy atom. The highest BCUT2D eigenvalue weighted by Gasteiger charge is 2.13. The van der Waals surface area contributed by atoms with Gasteiger partial charge in [-0.25, -0.2) is 8.78 Å². The number of aryl methyl sites for hydroxylation is 1. The predicted molar refractivity (Wildman–Crippen MR) is 49.9 cm³/mol. The van der Waals surface area contributed by atoms with Crippen LogP contribution in [0.2, 0.25) is 0 Å². The molecule has 0 saturated heterocycles. The fourth-order valence-electron chi connectivity index (χ4n) is 1.17. The van der Waals surface area contributed by atoms with Crippen LogP contribution in [0.25, 0.3) is 0 Å². The third-order valence-corrected chi connectivity index (χ3v) is 2.16. The van der Waals surface area contributed by atoms with E-state index in [1.165, 1.54) is 0 Å². The molecule has 0 nitrogen and oxygen atoms in total. The predicted octanol–water partition coefficient (Wildman–Crippen LogP) is 3.52. The van der Waals surface area contributed by atoms with Gasteiger partial charge in [0.2, 0.25) is 6.43 Å². The van der Waals surface area contributed by atoms with Crippen LogP contribution in [-0.4, -0.2) is 6.43 Å². The van der Waals surface area contributed by atoms with Gasteiger partial charge in [0.25, 0.3) is 0 Å². The van der Waals surface area contributed by atoms with Gasteiger partial charge in [0.1, 0.15) is 0 Å². The molecule has 0 fully saturated rings. The molecule has 0 aliphatic rings. The van der Waals surface area contributed by atoms with E-state index in [1.54, 1.807) is 6.92 Å². The first-order valence-corrected chi connectivity index (χ1v) is 4.52. The van der Waals surface area contributed by atoms with Crippen molar-refractivity contribution in [1.29, 1.82) is 0 Å². The maximum Gasteiger partial charge on any atom is 0.241 e. The van der Waals surface area contributed by atoms with Crippen LogP contribution in [0.4, 0.5) is 8.78 Å². The summed E-state index contributed by atoms with van der Waals surface area (Å²) in [4.78, 5) is 0. The second-order valence-corrected chi connectivity index (χ2v) is 3.34. The van der Waals surface area contributed by atoms with Gasteiger partial charge in [-0.15, -0.1) is 0 Å². The Morgan fingerprint density at radius 1 is 1.15 bits per heavy atom. The highest BCUT2D eigenvalue weighted by Crippen LogP contribution is 2.15. The minimum atomic E-state index is -2.19. The molecule has 13 heavy (non-hydrogen) atoms. The number of benzene rings is 1. The molecule has 0 spiro atoms.